The maximum atomic E-state index is 5.54. The molecule has 4 nitrogen and oxygen atoms in total. The molecule has 21 heavy (non-hydrogen) atoms. The summed E-state index contributed by atoms with van der Waals surface area (Å²) in [7, 11) is 1.65. The van der Waals surface area contributed by atoms with Crippen LogP contribution in [0.5, 0.6) is 11.5 Å². The van der Waals surface area contributed by atoms with Crippen molar-refractivity contribution >= 4 is 11.3 Å². The van der Waals surface area contributed by atoms with Crippen LogP contribution in [0.25, 0.3) is 10.6 Å². The van der Waals surface area contributed by atoms with Gasteiger partial charge >= 0.3 is 0 Å². The Morgan fingerprint density at radius 2 is 2.10 bits per heavy atom. The summed E-state index contributed by atoms with van der Waals surface area (Å²) in [6.07, 6.45) is 0. The first-order valence-corrected chi connectivity index (χ1v) is 8.01. The summed E-state index contributed by atoms with van der Waals surface area (Å²) >= 11 is 1.65. The Hall–Kier alpha value is -1.59. The Kier molecular flexibility index (Phi) is 5.59. The van der Waals surface area contributed by atoms with Gasteiger partial charge in [0.2, 0.25) is 0 Å². The standard InChI is InChI=1S/C16H22N2O2S/c1-5-20-14-7-6-12(8-15(14)19-4)16-18-13(10-21-16)9-17-11(2)3/h6-8,10-11,17H,5,9H2,1-4H3. The van der Waals surface area contributed by atoms with Crippen LogP contribution in [0.1, 0.15) is 26.5 Å². The van der Waals surface area contributed by atoms with E-state index in [1.54, 1.807) is 18.4 Å². The summed E-state index contributed by atoms with van der Waals surface area (Å²) < 4.78 is 10.9. The number of ether oxygens (including phenoxy) is 2. The van der Waals surface area contributed by atoms with E-state index in [0.29, 0.717) is 12.6 Å². The number of thiazole rings is 1. The highest BCUT2D eigenvalue weighted by Crippen LogP contribution is 2.33. The number of hydrogen-bond acceptors (Lipinski definition) is 5. The Balaban J connectivity index is 2.18. The van der Waals surface area contributed by atoms with Crippen molar-refractivity contribution in [2.75, 3.05) is 13.7 Å². The molecule has 0 aliphatic heterocycles. The Morgan fingerprint density at radius 1 is 1.29 bits per heavy atom. The molecule has 0 unspecified atom stereocenters. The van der Waals surface area contributed by atoms with Gasteiger partial charge in [0.25, 0.3) is 0 Å². The molecule has 1 N–H and O–H groups in total. The van der Waals surface area contributed by atoms with E-state index >= 15 is 0 Å². The topological polar surface area (TPSA) is 43.4 Å². The Labute approximate surface area is 130 Å². The molecule has 2 rings (SSSR count). The van der Waals surface area contributed by atoms with E-state index in [4.69, 9.17) is 9.47 Å². The minimum Gasteiger partial charge on any atom is -0.493 e. The molecule has 0 atom stereocenters. The van der Waals surface area contributed by atoms with Gasteiger partial charge in [0, 0.05) is 23.5 Å². The molecule has 114 valence electrons. The molecule has 0 radical (unpaired) electrons. The van der Waals surface area contributed by atoms with Crippen molar-refractivity contribution in [3.05, 3.63) is 29.3 Å². The molecule has 0 fully saturated rings. The van der Waals surface area contributed by atoms with Gasteiger partial charge in [-0.05, 0) is 25.1 Å². The maximum absolute atomic E-state index is 5.54. The number of rotatable bonds is 7. The lowest BCUT2D eigenvalue weighted by Crippen LogP contribution is -2.21. The van der Waals surface area contributed by atoms with E-state index in [0.717, 1.165) is 34.3 Å². The fraction of sp³-hybridized carbons (Fsp3) is 0.438. The lowest BCUT2D eigenvalue weighted by molar-refractivity contribution is 0.311. The van der Waals surface area contributed by atoms with Crippen molar-refractivity contribution < 1.29 is 9.47 Å². The highest BCUT2D eigenvalue weighted by Gasteiger charge is 2.10. The van der Waals surface area contributed by atoms with Gasteiger partial charge in [-0.1, -0.05) is 13.8 Å². The maximum Gasteiger partial charge on any atom is 0.161 e. The summed E-state index contributed by atoms with van der Waals surface area (Å²) in [5.74, 6) is 1.51. The number of hydrogen-bond donors (Lipinski definition) is 1. The molecule has 0 aliphatic rings. The highest BCUT2D eigenvalue weighted by molar-refractivity contribution is 7.13. The molecule has 0 aliphatic carbocycles. The normalized spacial score (nSPS) is 10.9. The molecule has 5 heteroatoms. The zero-order chi connectivity index (χ0) is 15.2. The second kappa shape index (κ2) is 7.43. The van der Waals surface area contributed by atoms with Crippen LogP contribution in [0.2, 0.25) is 0 Å². The summed E-state index contributed by atoms with van der Waals surface area (Å²) in [6, 6.07) is 6.39. The third-order valence-electron chi connectivity index (χ3n) is 2.95. The predicted octanol–water partition coefficient (Wildman–Crippen LogP) is 3.72. The van der Waals surface area contributed by atoms with Gasteiger partial charge in [-0.3, -0.25) is 0 Å². The second-order valence-corrected chi connectivity index (χ2v) is 5.84. The van der Waals surface area contributed by atoms with Gasteiger partial charge in [-0.2, -0.15) is 0 Å². The van der Waals surface area contributed by atoms with Crippen LogP contribution < -0.4 is 14.8 Å². The smallest absolute Gasteiger partial charge is 0.161 e. The van der Waals surface area contributed by atoms with Gasteiger partial charge in [-0.15, -0.1) is 11.3 Å². The molecule has 0 amide bonds. The van der Waals surface area contributed by atoms with Crippen LogP contribution in [0.15, 0.2) is 23.6 Å². The summed E-state index contributed by atoms with van der Waals surface area (Å²) in [5.41, 5.74) is 2.12. The first-order valence-electron chi connectivity index (χ1n) is 7.13. The van der Waals surface area contributed by atoms with Crippen LogP contribution in [0, 0.1) is 0 Å². The predicted molar refractivity (Wildman–Crippen MR) is 87.2 cm³/mol. The summed E-state index contributed by atoms with van der Waals surface area (Å²) in [4.78, 5) is 4.66. The molecule has 1 aromatic heterocycles. The number of benzene rings is 1. The average molecular weight is 306 g/mol. The monoisotopic (exact) mass is 306 g/mol. The largest absolute Gasteiger partial charge is 0.493 e. The fourth-order valence-electron chi connectivity index (χ4n) is 1.90. The van der Waals surface area contributed by atoms with E-state index in [1.165, 1.54) is 0 Å². The van der Waals surface area contributed by atoms with Crippen LogP contribution in [-0.4, -0.2) is 24.7 Å². The molecule has 0 saturated carbocycles. The first kappa shape index (κ1) is 15.8. The van der Waals surface area contributed by atoms with Gasteiger partial charge in [-0.25, -0.2) is 4.98 Å². The molecule has 1 aromatic carbocycles. The second-order valence-electron chi connectivity index (χ2n) is 4.98. The Morgan fingerprint density at radius 3 is 2.76 bits per heavy atom. The minimum absolute atomic E-state index is 0.459. The van der Waals surface area contributed by atoms with Crippen molar-refractivity contribution in [1.82, 2.24) is 10.3 Å². The third kappa shape index (κ3) is 4.19. The zero-order valence-electron chi connectivity index (χ0n) is 13.0. The van der Waals surface area contributed by atoms with E-state index in [-0.39, 0.29) is 0 Å². The molecule has 0 spiro atoms. The number of aromatic nitrogens is 1. The number of nitrogens with one attached hydrogen (secondary N) is 1. The van der Waals surface area contributed by atoms with Crippen molar-refractivity contribution in [3.8, 4) is 22.1 Å². The molecule has 1 heterocycles. The third-order valence-corrected chi connectivity index (χ3v) is 3.89. The first-order chi connectivity index (χ1) is 10.1. The van der Waals surface area contributed by atoms with Crippen LogP contribution in [-0.2, 0) is 6.54 Å². The minimum atomic E-state index is 0.459. The quantitative estimate of drug-likeness (QED) is 0.847. The lowest BCUT2D eigenvalue weighted by Gasteiger charge is -2.10. The van der Waals surface area contributed by atoms with Gasteiger partial charge in [0.05, 0.1) is 19.4 Å². The van der Waals surface area contributed by atoms with Crippen molar-refractivity contribution in [2.45, 2.75) is 33.4 Å². The van der Waals surface area contributed by atoms with Crippen molar-refractivity contribution in [3.63, 3.8) is 0 Å². The van der Waals surface area contributed by atoms with Crippen molar-refractivity contribution in [2.24, 2.45) is 0 Å². The average Bonchev–Trinajstić information content (AvgIpc) is 2.94. The number of nitrogens with zero attached hydrogens (tertiary/aromatic N) is 1. The lowest BCUT2D eigenvalue weighted by atomic mass is 10.2. The highest BCUT2D eigenvalue weighted by atomic mass is 32.1. The molecule has 0 saturated heterocycles. The van der Waals surface area contributed by atoms with E-state index in [2.05, 4.69) is 29.5 Å². The van der Waals surface area contributed by atoms with E-state index < -0.39 is 0 Å². The molecular formula is C16H22N2O2S. The molecular weight excluding hydrogens is 284 g/mol. The Bertz CT molecular complexity index is 581. The summed E-state index contributed by atoms with van der Waals surface area (Å²) in [5, 5.41) is 6.46. The zero-order valence-corrected chi connectivity index (χ0v) is 13.8. The van der Waals surface area contributed by atoms with Gasteiger partial charge in [0.1, 0.15) is 5.01 Å². The number of methoxy groups -OCH3 is 1. The van der Waals surface area contributed by atoms with Crippen LogP contribution in [0.4, 0.5) is 0 Å². The summed E-state index contributed by atoms with van der Waals surface area (Å²) in [6.45, 7) is 7.64. The van der Waals surface area contributed by atoms with E-state index in [1.807, 2.05) is 25.1 Å². The van der Waals surface area contributed by atoms with Crippen molar-refractivity contribution in [1.29, 1.82) is 0 Å². The van der Waals surface area contributed by atoms with Gasteiger partial charge in [0.15, 0.2) is 11.5 Å². The SMILES string of the molecule is CCOc1ccc(-c2nc(CNC(C)C)cs2)cc1OC. The van der Waals surface area contributed by atoms with Crippen LogP contribution in [0.3, 0.4) is 0 Å². The van der Waals surface area contributed by atoms with E-state index in [9.17, 15) is 0 Å². The van der Waals surface area contributed by atoms with Crippen LogP contribution >= 0.6 is 11.3 Å². The fourth-order valence-corrected chi connectivity index (χ4v) is 2.72. The molecule has 0 bridgehead atoms. The van der Waals surface area contributed by atoms with Gasteiger partial charge < -0.3 is 14.8 Å². The molecule has 2 aromatic rings.